The van der Waals surface area contributed by atoms with E-state index in [0.717, 1.165) is 11.1 Å². The first-order chi connectivity index (χ1) is 15.7. The molecule has 2 aliphatic rings. The summed E-state index contributed by atoms with van der Waals surface area (Å²) >= 11 is 0. The first-order valence-electron chi connectivity index (χ1n) is 11.1. The molecule has 2 amide bonds. The molecule has 10 heteroatoms. The molecule has 0 radical (unpaired) electrons. The van der Waals surface area contributed by atoms with E-state index in [0.29, 0.717) is 17.9 Å². The second-order valence-electron chi connectivity index (χ2n) is 8.71. The zero-order valence-electron chi connectivity index (χ0n) is 18.7. The standard InChI is InChI=1S/C23H28F2N4O4/c1-15-13-28(22(32)33-19-5-7-23(24,25)8-6-19)21-11-17(3-4-20(21)29(15)16(2)31)18-12-26-27(14-18)9-10-30/h3-4,11-12,14-15,19,30H,5-10,13H2,1-2H3. The number of aliphatic hydroxyl groups is 1. The highest BCUT2D eigenvalue weighted by Gasteiger charge is 2.39. The maximum atomic E-state index is 13.5. The Morgan fingerprint density at radius 2 is 1.94 bits per heavy atom. The maximum Gasteiger partial charge on any atom is 0.414 e. The van der Waals surface area contributed by atoms with Gasteiger partial charge in [-0.1, -0.05) is 6.07 Å². The van der Waals surface area contributed by atoms with E-state index in [-0.39, 0.29) is 50.8 Å². The fraction of sp³-hybridized carbons (Fsp3) is 0.522. The van der Waals surface area contributed by atoms with Gasteiger partial charge in [0.05, 0.1) is 36.8 Å². The highest BCUT2D eigenvalue weighted by molar-refractivity contribution is 6.03. The Balaban J connectivity index is 1.63. The smallest absolute Gasteiger partial charge is 0.414 e. The van der Waals surface area contributed by atoms with Gasteiger partial charge in [0.15, 0.2) is 0 Å². The number of anilines is 2. The molecule has 1 aliphatic carbocycles. The van der Waals surface area contributed by atoms with E-state index in [2.05, 4.69) is 5.10 Å². The third kappa shape index (κ3) is 4.85. The molecule has 1 fully saturated rings. The van der Waals surface area contributed by atoms with E-state index in [1.54, 1.807) is 34.1 Å². The molecule has 4 rings (SSSR count). The van der Waals surface area contributed by atoms with E-state index >= 15 is 0 Å². The Morgan fingerprint density at radius 1 is 1.21 bits per heavy atom. The Morgan fingerprint density at radius 3 is 2.61 bits per heavy atom. The van der Waals surface area contributed by atoms with Gasteiger partial charge in [-0.25, -0.2) is 13.6 Å². The molecule has 178 valence electrons. The van der Waals surface area contributed by atoms with Crippen LogP contribution in [0.3, 0.4) is 0 Å². The molecule has 1 atom stereocenters. The fourth-order valence-corrected chi connectivity index (χ4v) is 4.53. The van der Waals surface area contributed by atoms with Crippen molar-refractivity contribution in [3.63, 3.8) is 0 Å². The largest absolute Gasteiger partial charge is 0.446 e. The predicted octanol–water partition coefficient (Wildman–Crippen LogP) is 3.82. The quantitative estimate of drug-likeness (QED) is 0.747. The number of aromatic nitrogens is 2. The van der Waals surface area contributed by atoms with Crippen LogP contribution in [-0.2, 0) is 16.1 Å². The summed E-state index contributed by atoms with van der Waals surface area (Å²) in [4.78, 5) is 28.6. The van der Waals surface area contributed by atoms with Crippen LogP contribution in [0, 0.1) is 0 Å². The Hall–Kier alpha value is -3.01. The third-order valence-corrected chi connectivity index (χ3v) is 6.20. The Kier molecular flexibility index (Phi) is 6.38. The number of hydrogen-bond donors (Lipinski definition) is 1. The molecular formula is C23H28F2N4O4. The molecular weight excluding hydrogens is 434 g/mol. The van der Waals surface area contributed by atoms with Gasteiger partial charge < -0.3 is 14.7 Å². The molecule has 33 heavy (non-hydrogen) atoms. The van der Waals surface area contributed by atoms with Gasteiger partial charge in [0.1, 0.15) is 6.10 Å². The molecule has 1 aromatic heterocycles. The maximum absolute atomic E-state index is 13.5. The average molecular weight is 462 g/mol. The molecule has 1 unspecified atom stereocenters. The van der Waals surface area contributed by atoms with Crippen molar-refractivity contribution in [1.29, 1.82) is 0 Å². The van der Waals surface area contributed by atoms with Crippen LogP contribution in [0.2, 0.25) is 0 Å². The number of rotatable bonds is 4. The number of aliphatic hydroxyl groups excluding tert-OH is 1. The van der Waals surface area contributed by atoms with E-state index in [1.165, 1.54) is 11.8 Å². The molecule has 8 nitrogen and oxygen atoms in total. The molecule has 0 saturated heterocycles. The SMILES string of the molecule is CC(=O)N1c2ccc(-c3cnn(CCO)c3)cc2N(C(=O)OC2CCC(F)(F)CC2)CC1C. The number of fused-ring (bicyclic) bond motifs is 1. The molecule has 2 heterocycles. The van der Waals surface area contributed by atoms with Crippen LogP contribution in [0.1, 0.15) is 39.5 Å². The number of benzene rings is 1. The van der Waals surface area contributed by atoms with Crippen molar-refractivity contribution in [2.45, 2.75) is 64.1 Å². The third-order valence-electron chi connectivity index (χ3n) is 6.20. The van der Waals surface area contributed by atoms with Gasteiger partial charge in [-0.15, -0.1) is 0 Å². The van der Waals surface area contributed by atoms with Crippen molar-refractivity contribution in [1.82, 2.24) is 9.78 Å². The van der Waals surface area contributed by atoms with Crippen molar-refractivity contribution in [3.8, 4) is 11.1 Å². The normalized spacial score (nSPS) is 20.5. The number of hydrogen-bond acceptors (Lipinski definition) is 5. The lowest BCUT2D eigenvalue weighted by Crippen LogP contribution is -2.52. The molecule has 0 spiro atoms. The van der Waals surface area contributed by atoms with Crippen molar-refractivity contribution >= 4 is 23.4 Å². The van der Waals surface area contributed by atoms with Crippen molar-refractivity contribution in [2.75, 3.05) is 23.0 Å². The number of carbonyl (C=O) groups is 2. The van der Waals surface area contributed by atoms with Gasteiger partial charge in [0.2, 0.25) is 11.8 Å². The first-order valence-corrected chi connectivity index (χ1v) is 11.1. The average Bonchev–Trinajstić information content (AvgIpc) is 3.23. The number of carbonyl (C=O) groups excluding carboxylic acids is 2. The van der Waals surface area contributed by atoms with Gasteiger partial charge in [-0.3, -0.25) is 14.4 Å². The van der Waals surface area contributed by atoms with E-state index < -0.39 is 18.1 Å². The summed E-state index contributed by atoms with van der Waals surface area (Å²) in [5.41, 5.74) is 2.68. The van der Waals surface area contributed by atoms with Crippen LogP contribution < -0.4 is 9.80 Å². The zero-order chi connectivity index (χ0) is 23.8. The number of amides is 2. The van der Waals surface area contributed by atoms with Crippen LogP contribution in [0.15, 0.2) is 30.6 Å². The highest BCUT2D eigenvalue weighted by atomic mass is 19.3. The van der Waals surface area contributed by atoms with Crippen molar-refractivity contribution in [3.05, 3.63) is 30.6 Å². The van der Waals surface area contributed by atoms with Crippen LogP contribution in [-0.4, -0.2) is 58.1 Å². The summed E-state index contributed by atoms with van der Waals surface area (Å²) in [6, 6.07) is 5.15. The molecule has 2 aromatic rings. The lowest BCUT2D eigenvalue weighted by Gasteiger charge is -2.41. The zero-order valence-corrected chi connectivity index (χ0v) is 18.7. The van der Waals surface area contributed by atoms with Gasteiger partial charge in [-0.05, 0) is 37.5 Å². The van der Waals surface area contributed by atoms with Crippen molar-refractivity contribution in [2.24, 2.45) is 0 Å². The van der Waals surface area contributed by atoms with Crippen LogP contribution in [0.5, 0.6) is 0 Å². The van der Waals surface area contributed by atoms with Gasteiger partial charge in [0.25, 0.3) is 0 Å². The first kappa shape index (κ1) is 23.2. The Bertz CT molecular complexity index is 1030. The second-order valence-corrected chi connectivity index (χ2v) is 8.71. The van der Waals surface area contributed by atoms with Crippen LogP contribution in [0.4, 0.5) is 25.0 Å². The van der Waals surface area contributed by atoms with Crippen LogP contribution in [0.25, 0.3) is 11.1 Å². The summed E-state index contributed by atoms with van der Waals surface area (Å²) in [6.45, 7) is 3.87. The summed E-state index contributed by atoms with van der Waals surface area (Å²) in [7, 11) is 0. The van der Waals surface area contributed by atoms with E-state index in [9.17, 15) is 18.4 Å². The molecule has 0 bridgehead atoms. The fourth-order valence-electron chi connectivity index (χ4n) is 4.53. The lowest BCUT2D eigenvalue weighted by molar-refractivity contribution is -0.117. The predicted molar refractivity (Wildman–Crippen MR) is 118 cm³/mol. The number of halogens is 2. The number of alkyl halides is 2. The molecule has 1 aromatic carbocycles. The number of nitrogens with zero attached hydrogens (tertiary/aromatic N) is 4. The summed E-state index contributed by atoms with van der Waals surface area (Å²) in [6.07, 6.45) is 1.96. The highest BCUT2D eigenvalue weighted by Crippen LogP contribution is 2.40. The van der Waals surface area contributed by atoms with Crippen molar-refractivity contribution < 1.29 is 28.2 Å². The van der Waals surface area contributed by atoms with Gasteiger partial charge >= 0.3 is 6.09 Å². The minimum atomic E-state index is -2.70. The lowest BCUT2D eigenvalue weighted by atomic mass is 9.94. The summed E-state index contributed by atoms with van der Waals surface area (Å²) in [5, 5.41) is 13.3. The number of ether oxygens (including phenoxy) is 1. The monoisotopic (exact) mass is 462 g/mol. The second kappa shape index (κ2) is 9.09. The molecule has 1 saturated carbocycles. The van der Waals surface area contributed by atoms with E-state index in [4.69, 9.17) is 9.84 Å². The molecule has 1 N–H and O–H groups in total. The minimum Gasteiger partial charge on any atom is -0.446 e. The molecule has 1 aliphatic heterocycles. The minimum absolute atomic E-state index is 0.0382. The van der Waals surface area contributed by atoms with Gasteiger partial charge in [-0.2, -0.15) is 5.10 Å². The van der Waals surface area contributed by atoms with Crippen LogP contribution >= 0.6 is 0 Å². The summed E-state index contributed by atoms with van der Waals surface area (Å²) < 4.78 is 34.2. The topological polar surface area (TPSA) is 87.9 Å². The summed E-state index contributed by atoms with van der Waals surface area (Å²) in [5.74, 6) is -2.85. The van der Waals surface area contributed by atoms with Gasteiger partial charge in [0, 0.05) is 38.1 Å². The Labute approximate surface area is 190 Å². The van der Waals surface area contributed by atoms with E-state index in [1.807, 2.05) is 13.0 Å².